The van der Waals surface area contributed by atoms with E-state index in [2.05, 4.69) is 31.5 Å². The maximum atomic E-state index is 12.1. The Bertz CT molecular complexity index is 634. The average Bonchev–Trinajstić information content (AvgIpc) is 2.43. The normalized spacial score (nSPS) is 10.2. The Labute approximate surface area is 130 Å². The molecule has 0 aliphatic carbocycles. The van der Waals surface area contributed by atoms with Crippen LogP contribution in [0.2, 0.25) is 5.02 Å². The molecule has 0 unspecified atom stereocenters. The quantitative estimate of drug-likeness (QED) is 0.866. The molecule has 0 atom stereocenters. The molecule has 4 nitrogen and oxygen atoms in total. The van der Waals surface area contributed by atoms with Crippen molar-refractivity contribution < 1.29 is 4.79 Å². The van der Waals surface area contributed by atoms with Gasteiger partial charge >= 0.3 is 0 Å². The van der Waals surface area contributed by atoms with Gasteiger partial charge in [-0.05, 0) is 41.1 Å². The number of halogens is 2. The third-order valence-electron chi connectivity index (χ3n) is 2.57. The Morgan fingerprint density at radius 1 is 1.40 bits per heavy atom. The fraction of sp³-hybridized carbons (Fsp3) is 0.143. The smallest absolute Gasteiger partial charge is 0.257 e. The van der Waals surface area contributed by atoms with Gasteiger partial charge in [-0.15, -0.1) is 0 Å². The van der Waals surface area contributed by atoms with Gasteiger partial charge in [-0.3, -0.25) is 4.79 Å². The first-order valence-corrected chi connectivity index (χ1v) is 7.24. The number of nitrogens with zero attached hydrogens (tertiary/aromatic N) is 1. The van der Waals surface area contributed by atoms with Gasteiger partial charge < -0.3 is 10.6 Å². The number of hydrogen-bond donors (Lipinski definition) is 2. The molecule has 6 heteroatoms. The molecular formula is C14H13BrClN3O. The van der Waals surface area contributed by atoms with Crippen LogP contribution < -0.4 is 10.6 Å². The third kappa shape index (κ3) is 3.49. The van der Waals surface area contributed by atoms with Gasteiger partial charge in [-0.2, -0.15) is 0 Å². The van der Waals surface area contributed by atoms with Crippen LogP contribution in [0.1, 0.15) is 17.3 Å². The van der Waals surface area contributed by atoms with Crippen LogP contribution in [0.4, 0.5) is 11.5 Å². The van der Waals surface area contributed by atoms with E-state index in [1.807, 2.05) is 31.2 Å². The number of anilines is 2. The molecule has 20 heavy (non-hydrogen) atoms. The van der Waals surface area contributed by atoms with Crippen molar-refractivity contribution in [2.75, 3.05) is 17.2 Å². The first-order valence-electron chi connectivity index (χ1n) is 6.07. The third-order valence-corrected chi connectivity index (χ3v) is 3.55. The number of hydrogen-bond acceptors (Lipinski definition) is 3. The molecule has 104 valence electrons. The predicted octanol–water partition coefficient (Wildman–Crippen LogP) is 4.18. The standard InChI is InChI=1S/C14H13BrClN3O/c1-2-17-13-11(16)7-9(8-18-13)14(20)19-12-6-4-3-5-10(12)15/h3-8H,2H2,1H3,(H,17,18)(H,19,20). The van der Waals surface area contributed by atoms with E-state index in [0.29, 0.717) is 22.1 Å². The highest BCUT2D eigenvalue weighted by Gasteiger charge is 2.11. The summed E-state index contributed by atoms with van der Waals surface area (Å²) in [5.74, 6) is 0.320. The molecule has 0 saturated heterocycles. The number of pyridine rings is 1. The second-order valence-corrected chi connectivity index (χ2v) is 5.28. The van der Waals surface area contributed by atoms with E-state index in [-0.39, 0.29) is 5.91 Å². The average molecular weight is 355 g/mol. The first-order chi connectivity index (χ1) is 9.61. The molecule has 2 N–H and O–H groups in total. The number of carbonyl (C=O) groups excluding carboxylic acids is 1. The van der Waals surface area contributed by atoms with Gasteiger partial charge in [0.25, 0.3) is 5.91 Å². The summed E-state index contributed by atoms with van der Waals surface area (Å²) in [5, 5.41) is 6.24. The zero-order valence-electron chi connectivity index (χ0n) is 10.8. The Balaban J connectivity index is 2.18. The number of aromatic nitrogens is 1. The summed E-state index contributed by atoms with van der Waals surface area (Å²) < 4.78 is 0.816. The molecular weight excluding hydrogens is 342 g/mol. The van der Waals surface area contributed by atoms with E-state index in [0.717, 1.165) is 11.0 Å². The molecule has 0 aliphatic rings. The van der Waals surface area contributed by atoms with Crippen molar-refractivity contribution in [3.8, 4) is 0 Å². The molecule has 1 aromatic carbocycles. The minimum absolute atomic E-state index is 0.255. The summed E-state index contributed by atoms with van der Waals surface area (Å²) in [5.41, 5.74) is 1.11. The number of carbonyl (C=O) groups is 1. The lowest BCUT2D eigenvalue weighted by atomic mass is 10.2. The predicted molar refractivity (Wildman–Crippen MR) is 85.5 cm³/mol. The number of rotatable bonds is 4. The van der Waals surface area contributed by atoms with Crippen molar-refractivity contribution in [2.45, 2.75) is 6.92 Å². The largest absolute Gasteiger partial charge is 0.369 e. The van der Waals surface area contributed by atoms with E-state index in [9.17, 15) is 4.79 Å². The van der Waals surface area contributed by atoms with Crippen LogP contribution in [-0.4, -0.2) is 17.4 Å². The van der Waals surface area contributed by atoms with Gasteiger partial charge in [-0.1, -0.05) is 23.7 Å². The van der Waals surface area contributed by atoms with Crippen molar-refractivity contribution in [2.24, 2.45) is 0 Å². The van der Waals surface area contributed by atoms with Crippen molar-refractivity contribution >= 4 is 44.9 Å². The maximum Gasteiger partial charge on any atom is 0.257 e. The lowest BCUT2D eigenvalue weighted by Crippen LogP contribution is -2.13. The highest BCUT2D eigenvalue weighted by atomic mass is 79.9. The number of nitrogens with one attached hydrogen (secondary N) is 2. The van der Waals surface area contributed by atoms with E-state index in [4.69, 9.17) is 11.6 Å². The van der Waals surface area contributed by atoms with E-state index in [1.165, 1.54) is 6.20 Å². The molecule has 0 spiro atoms. The van der Waals surface area contributed by atoms with Crippen molar-refractivity contribution in [1.29, 1.82) is 0 Å². The Kier molecular flexibility index (Phi) is 4.98. The Morgan fingerprint density at radius 3 is 2.80 bits per heavy atom. The topological polar surface area (TPSA) is 54.0 Å². The molecule has 0 bridgehead atoms. The molecule has 0 radical (unpaired) electrons. The monoisotopic (exact) mass is 353 g/mol. The molecule has 2 rings (SSSR count). The fourth-order valence-corrected chi connectivity index (χ4v) is 2.23. The van der Waals surface area contributed by atoms with Gasteiger partial charge in [0.2, 0.25) is 0 Å². The van der Waals surface area contributed by atoms with Crippen molar-refractivity contribution in [3.63, 3.8) is 0 Å². The molecule has 0 saturated carbocycles. The molecule has 1 aromatic heterocycles. The lowest BCUT2D eigenvalue weighted by molar-refractivity contribution is 0.102. The molecule has 2 aromatic rings. The lowest BCUT2D eigenvalue weighted by Gasteiger charge is -2.09. The summed E-state index contributed by atoms with van der Waals surface area (Å²) >= 11 is 9.45. The number of amides is 1. The fourth-order valence-electron chi connectivity index (χ4n) is 1.62. The van der Waals surface area contributed by atoms with Gasteiger partial charge in [0, 0.05) is 17.2 Å². The summed E-state index contributed by atoms with van der Waals surface area (Å²) in [7, 11) is 0. The van der Waals surface area contributed by atoms with Crippen LogP contribution in [0.25, 0.3) is 0 Å². The summed E-state index contributed by atoms with van der Waals surface area (Å²) in [6.45, 7) is 2.67. The van der Waals surface area contributed by atoms with Gasteiger partial charge in [0.1, 0.15) is 5.82 Å². The van der Waals surface area contributed by atoms with Crippen LogP contribution in [0.15, 0.2) is 41.0 Å². The number of para-hydroxylation sites is 1. The highest BCUT2D eigenvalue weighted by molar-refractivity contribution is 9.10. The molecule has 1 heterocycles. The molecule has 0 aliphatic heterocycles. The SMILES string of the molecule is CCNc1ncc(C(=O)Nc2ccccc2Br)cc1Cl. The van der Waals surface area contributed by atoms with Gasteiger partial charge in [0.05, 0.1) is 16.3 Å². The Hall–Kier alpha value is -1.59. The Morgan fingerprint density at radius 2 is 2.15 bits per heavy atom. The van der Waals surface area contributed by atoms with Gasteiger partial charge in [0.15, 0.2) is 0 Å². The second kappa shape index (κ2) is 6.72. The minimum atomic E-state index is -0.255. The van der Waals surface area contributed by atoms with Crippen molar-refractivity contribution in [3.05, 3.63) is 51.6 Å². The summed E-state index contributed by atoms with van der Waals surface area (Å²) in [4.78, 5) is 16.3. The summed E-state index contributed by atoms with van der Waals surface area (Å²) in [6.07, 6.45) is 1.50. The maximum absolute atomic E-state index is 12.1. The van der Waals surface area contributed by atoms with E-state index >= 15 is 0 Å². The highest BCUT2D eigenvalue weighted by Crippen LogP contribution is 2.23. The van der Waals surface area contributed by atoms with Crippen LogP contribution in [0, 0.1) is 0 Å². The van der Waals surface area contributed by atoms with E-state index < -0.39 is 0 Å². The van der Waals surface area contributed by atoms with Gasteiger partial charge in [-0.25, -0.2) is 4.98 Å². The second-order valence-electron chi connectivity index (χ2n) is 4.02. The first kappa shape index (κ1) is 14.8. The van der Waals surface area contributed by atoms with Crippen molar-refractivity contribution in [1.82, 2.24) is 4.98 Å². The molecule has 0 fully saturated rings. The van der Waals surface area contributed by atoms with Crippen LogP contribution >= 0.6 is 27.5 Å². The van der Waals surface area contributed by atoms with Crippen LogP contribution in [0.5, 0.6) is 0 Å². The van der Waals surface area contributed by atoms with Crippen LogP contribution in [0.3, 0.4) is 0 Å². The zero-order valence-corrected chi connectivity index (χ0v) is 13.1. The number of benzene rings is 1. The molecule has 1 amide bonds. The van der Waals surface area contributed by atoms with Crippen LogP contribution in [-0.2, 0) is 0 Å². The zero-order chi connectivity index (χ0) is 14.5. The minimum Gasteiger partial charge on any atom is -0.369 e. The summed E-state index contributed by atoms with van der Waals surface area (Å²) in [6, 6.07) is 8.99. The van der Waals surface area contributed by atoms with E-state index in [1.54, 1.807) is 6.07 Å².